The van der Waals surface area contributed by atoms with E-state index in [0.717, 1.165) is 18.0 Å². The molecule has 2 heteroatoms. The van der Waals surface area contributed by atoms with Crippen LogP contribution in [0.1, 0.15) is 44.6 Å². The van der Waals surface area contributed by atoms with Crippen LogP contribution in [-0.2, 0) is 6.42 Å². The van der Waals surface area contributed by atoms with Gasteiger partial charge in [0.05, 0.1) is 0 Å². The van der Waals surface area contributed by atoms with Gasteiger partial charge in [-0.15, -0.1) is 0 Å². The van der Waals surface area contributed by atoms with E-state index < -0.39 is 0 Å². The second-order valence-corrected chi connectivity index (χ2v) is 5.80. The Morgan fingerprint density at radius 1 is 1.21 bits per heavy atom. The van der Waals surface area contributed by atoms with E-state index in [1.807, 2.05) is 12.1 Å². The molecule has 0 amide bonds. The van der Waals surface area contributed by atoms with Crippen LogP contribution in [0.25, 0.3) is 0 Å². The van der Waals surface area contributed by atoms with Gasteiger partial charge < -0.3 is 5.32 Å². The minimum atomic E-state index is 0.501. The zero-order valence-corrected chi connectivity index (χ0v) is 12.5. The molecule has 1 atom stereocenters. The first-order valence-electron chi connectivity index (χ1n) is 7.46. The van der Waals surface area contributed by atoms with Crippen LogP contribution >= 0.6 is 11.6 Å². The lowest BCUT2D eigenvalue weighted by atomic mass is 9.90. The summed E-state index contributed by atoms with van der Waals surface area (Å²) in [6, 6.07) is 8.77. The summed E-state index contributed by atoms with van der Waals surface area (Å²) in [6.45, 7) is 3.32. The fraction of sp³-hybridized carbons (Fsp3) is 0.529. The molecule has 1 aliphatic carbocycles. The lowest BCUT2D eigenvalue weighted by Gasteiger charge is -2.24. The van der Waals surface area contributed by atoms with Crippen molar-refractivity contribution < 1.29 is 0 Å². The minimum absolute atomic E-state index is 0.501. The van der Waals surface area contributed by atoms with Crippen molar-refractivity contribution in [2.75, 3.05) is 6.54 Å². The molecule has 0 aromatic heterocycles. The quantitative estimate of drug-likeness (QED) is 0.740. The molecule has 1 N–H and O–H groups in total. The van der Waals surface area contributed by atoms with E-state index in [-0.39, 0.29) is 0 Å². The predicted octanol–water partition coefficient (Wildman–Crippen LogP) is 4.75. The number of nitrogens with one attached hydrogen (secondary N) is 1. The van der Waals surface area contributed by atoms with Gasteiger partial charge in [0.1, 0.15) is 0 Å². The highest BCUT2D eigenvalue weighted by molar-refractivity contribution is 6.30. The van der Waals surface area contributed by atoms with Crippen LogP contribution in [0.2, 0.25) is 5.02 Å². The van der Waals surface area contributed by atoms with Crippen molar-refractivity contribution in [3.63, 3.8) is 0 Å². The normalized spacial score (nSPS) is 17.1. The van der Waals surface area contributed by atoms with Crippen molar-refractivity contribution >= 4 is 11.6 Å². The van der Waals surface area contributed by atoms with Gasteiger partial charge in [0, 0.05) is 11.1 Å². The van der Waals surface area contributed by atoms with E-state index in [1.54, 1.807) is 5.57 Å². The molecule has 1 aromatic carbocycles. The maximum absolute atomic E-state index is 5.95. The van der Waals surface area contributed by atoms with Gasteiger partial charge in [0.15, 0.2) is 0 Å². The van der Waals surface area contributed by atoms with Crippen molar-refractivity contribution in [2.45, 2.75) is 51.5 Å². The van der Waals surface area contributed by atoms with Crippen LogP contribution in [0, 0.1) is 0 Å². The van der Waals surface area contributed by atoms with Gasteiger partial charge in [-0.1, -0.05) is 42.3 Å². The summed E-state index contributed by atoms with van der Waals surface area (Å²) in [6.07, 6.45) is 9.91. The standard InChI is InChI=1S/C17H24ClN/c1-2-12-19-17(15-6-4-3-5-7-15)13-14-8-10-16(18)11-9-14/h6,8-11,17,19H,2-5,7,12-13H2,1H3. The molecule has 104 valence electrons. The average Bonchev–Trinajstić information content (AvgIpc) is 2.46. The van der Waals surface area contributed by atoms with Gasteiger partial charge in [0.25, 0.3) is 0 Å². The maximum Gasteiger partial charge on any atom is 0.0406 e. The minimum Gasteiger partial charge on any atom is -0.310 e. The molecule has 1 aliphatic rings. The largest absolute Gasteiger partial charge is 0.310 e. The van der Waals surface area contributed by atoms with Gasteiger partial charge in [-0.2, -0.15) is 0 Å². The molecule has 1 aromatic rings. The SMILES string of the molecule is CCCNC(Cc1ccc(Cl)cc1)C1=CCCCC1. The molecule has 0 fully saturated rings. The second kappa shape index (κ2) is 7.72. The number of hydrogen-bond acceptors (Lipinski definition) is 1. The molecular formula is C17H24ClN. The van der Waals surface area contributed by atoms with Gasteiger partial charge >= 0.3 is 0 Å². The summed E-state index contributed by atoms with van der Waals surface area (Å²) in [5, 5.41) is 4.52. The van der Waals surface area contributed by atoms with E-state index >= 15 is 0 Å². The Balaban J connectivity index is 2.04. The van der Waals surface area contributed by atoms with Crippen LogP contribution in [-0.4, -0.2) is 12.6 Å². The third-order valence-corrected chi connectivity index (χ3v) is 4.02. The second-order valence-electron chi connectivity index (χ2n) is 5.36. The fourth-order valence-corrected chi connectivity index (χ4v) is 2.81. The van der Waals surface area contributed by atoms with Crippen molar-refractivity contribution in [1.29, 1.82) is 0 Å². The molecule has 19 heavy (non-hydrogen) atoms. The lowest BCUT2D eigenvalue weighted by Crippen LogP contribution is -2.34. The summed E-state index contributed by atoms with van der Waals surface area (Å²) in [7, 11) is 0. The zero-order chi connectivity index (χ0) is 13.5. The van der Waals surface area contributed by atoms with Gasteiger partial charge in [-0.3, -0.25) is 0 Å². The summed E-state index contributed by atoms with van der Waals surface area (Å²) < 4.78 is 0. The number of hydrogen-bond donors (Lipinski definition) is 1. The molecule has 0 radical (unpaired) electrons. The lowest BCUT2D eigenvalue weighted by molar-refractivity contribution is 0.526. The smallest absolute Gasteiger partial charge is 0.0406 e. The van der Waals surface area contributed by atoms with E-state index in [0.29, 0.717) is 6.04 Å². The third-order valence-electron chi connectivity index (χ3n) is 3.77. The van der Waals surface area contributed by atoms with Crippen LogP contribution in [0.3, 0.4) is 0 Å². The molecule has 1 unspecified atom stereocenters. The summed E-state index contributed by atoms with van der Waals surface area (Å²) in [5.74, 6) is 0. The first-order chi connectivity index (χ1) is 9.29. The molecule has 0 spiro atoms. The summed E-state index contributed by atoms with van der Waals surface area (Å²) in [5.41, 5.74) is 2.97. The Morgan fingerprint density at radius 2 is 2.00 bits per heavy atom. The molecule has 1 nitrogen and oxygen atoms in total. The molecule has 0 aliphatic heterocycles. The first-order valence-corrected chi connectivity index (χ1v) is 7.84. The van der Waals surface area contributed by atoms with Crippen molar-refractivity contribution in [1.82, 2.24) is 5.32 Å². The highest BCUT2D eigenvalue weighted by Gasteiger charge is 2.16. The third kappa shape index (κ3) is 4.67. The molecule has 0 saturated heterocycles. The molecular weight excluding hydrogens is 254 g/mol. The number of halogens is 1. The predicted molar refractivity (Wildman–Crippen MR) is 83.8 cm³/mol. The van der Waals surface area contributed by atoms with Crippen molar-refractivity contribution in [3.8, 4) is 0 Å². The number of benzene rings is 1. The van der Waals surface area contributed by atoms with Crippen LogP contribution in [0.5, 0.6) is 0 Å². The van der Waals surface area contributed by atoms with E-state index in [1.165, 1.54) is 37.7 Å². The Kier molecular flexibility index (Phi) is 5.93. The molecule has 2 rings (SSSR count). The number of rotatable bonds is 6. The van der Waals surface area contributed by atoms with Gasteiger partial charge in [0.2, 0.25) is 0 Å². The Bertz CT molecular complexity index is 408. The summed E-state index contributed by atoms with van der Waals surface area (Å²) >= 11 is 5.95. The molecule has 0 saturated carbocycles. The van der Waals surface area contributed by atoms with E-state index in [4.69, 9.17) is 11.6 Å². The Hall–Kier alpha value is -0.790. The Labute approximate surface area is 122 Å². The monoisotopic (exact) mass is 277 g/mol. The van der Waals surface area contributed by atoms with E-state index in [9.17, 15) is 0 Å². The average molecular weight is 278 g/mol. The Morgan fingerprint density at radius 3 is 2.63 bits per heavy atom. The molecule has 0 bridgehead atoms. The first kappa shape index (κ1) is 14.6. The fourth-order valence-electron chi connectivity index (χ4n) is 2.69. The zero-order valence-electron chi connectivity index (χ0n) is 11.8. The maximum atomic E-state index is 5.95. The number of allylic oxidation sites excluding steroid dienone is 1. The summed E-state index contributed by atoms with van der Waals surface area (Å²) in [4.78, 5) is 0. The van der Waals surface area contributed by atoms with Crippen LogP contribution in [0.4, 0.5) is 0 Å². The highest BCUT2D eigenvalue weighted by atomic mass is 35.5. The van der Waals surface area contributed by atoms with Crippen LogP contribution < -0.4 is 5.32 Å². The van der Waals surface area contributed by atoms with Crippen LogP contribution in [0.15, 0.2) is 35.9 Å². The molecule has 0 heterocycles. The van der Waals surface area contributed by atoms with Crippen molar-refractivity contribution in [2.24, 2.45) is 0 Å². The van der Waals surface area contributed by atoms with Gasteiger partial charge in [-0.25, -0.2) is 0 Å². The van der Waals surface area contributed by atoms with Gasteiger partial charge in [-0.05, 0) is 62.8 Å². The highest BCUT2D eigenvalue weighted by Crippen LogP contribution is 2.23. The topological polar surface area (TPSA) is 12.0 Å². The van der Waals surface area contributed by atoms with E-state index in [2.05, 4.69) is 30.4 Å². The van der Waals surface area contributed by atoms with Crippen molar-refractivity contribution in [3.05, 3.63) is 46.5 Å².